The molecule has 136 valence electrons. The third-order valence-corrected chi connectivity index (χ3v) is 4.13. The molecule has 0 saturated heterocycles. The molecule has 1 aromatic heterocycles. The van der Waals surface area contributed by atoms with E-state index in [4.69, 9.17) is 10.2 Å². The van der Waals surface area contributed by atoms with Gasteiger partial charge in [0.25, 0.3) is 0 Å². The van der Waals surface area contributed by atoms with Crippen LogP contribution in [0.5, 0.6) is 0 Å². The largest absolute Gasteiger partial charge is 0.395 e. The van der Waals surface area contributed by atoms with Crippen LogP contribution < -0.4 is 14.5 Å². The summed E-state index contributed by atoms with van der Waals surface area (Å²) in [5.74, 6) is 1.04. The summed E-state index contributed by atoms with van der Waals surface area (Å²) in [6.07, 6.45) is 4.00. The van der Waals surface area contributed by atoms with Crippen LogP contribution in [0.3, 0.4) is 0 Å². The molecule has 0 amide bonds. The fourth-order valence-electron chi connectivity index (χ4n) is 2.92. The van der Waals surface area contributed by atoms with Gasteiger partial charge < -0.3 is 15.1 Å². The second kappa shape index (κ2) is 8.64. The molecule has 0 bridgehead atoms. The lowest BCUT2D eigenvalue weighted by atomic mass is 10.2. The Balaban J connectivity index is 2.17. The normalized spacial score (nSPS) is 11.7. The molecular formula is C18H28N5O2+. The Bertz CT molecular complexity index is 683. The van der Waals surface area contributed by atoms with Crippen LogP contribution in [0.2, 0.25) is 0 Å². The van der Waals surface area contributed by atoms with E-state index in [0.29, 0.717) is 13.1 Å². The number of hydrogen-bond acceptors (Lipinski definition) is 5. The molecular weight excluding hydrogens is 318 g/mol. The van der Waals surface area contributed by atoms with Crippen LogP contribution in [0.4, 0.5) is 11.4 Å². The molecule has 2 aromatic rings. The highest BCUT2D eigenvalue weighted by Gasteiger charge is 2.16. The highest BCUT2D eigenvalue weighted by atomic mass is 16.3. The number of hydrogen-bond donors (Lipinski definition) is 2. The summed E-state index contributed by atoms with van der Waals surface area (Å²) in [4.78, 5) is 1.95. The predicted octanol–water partition coefficient (Wildman–Crippen LogP) is 0.501. The molecule has 7 nitrogen and oxygen atoms in total. The molecule has 0 radical (unpaired) electrons. The summed E-state index contributed by atoms with van der Waals surface area (Å²) in [6.45, 7) is 3.09. The van der Waals surface area contributed by atoms with Gasteiger partial charge in [-0.1, -0.05) is 0 Å². The number of rotatable bonds is 8. The minimum atomic E-state index is 0.0544. The lowest BCUT2D eigenvalue weighted by Gasteiger charge is -2.23. The van der Waals surface area contributed by atoms with Crippen molar-refractivity contribution in [3.05, 3.63) is 42.5 Å². The molecule has 0 fully saturated rings. The maximum Gasteiger partial charge on any atom is 0.304 e. The zero-order chi connectivity index (χ0) is 18.4. The number of imidazole rings is 1. The van der Waals surface area contributed by atoms with Crippen molar-refractivity contribution in [1.29, 1.82) is 0 Å². The maximum absolute atomic E-state index is 9.15. The van der Waals surface area contributed by atoms with Crippen LogP contribution >= 0.6 is 0 Å². The first-order chi connectivity index (χ1) is 12.0. The van der Waals surface area contributed by atoms with Gasteiger partial charge in [0, 0.05) is 25.8 Å². The van der Waals surface area contributed by atoms with Gasteiger partial charge in [0.15, 0.2) is 0 Å². The number of aliphatic hydroxyl groups excluding tert-OH is 2. The van der Waals surface area contributed by atoms with Crippen molar-refractivity contribution in [2.45, 2.75) is 6.92 Å². The summed E-state index contributed by atoms with van der Waals surface area (Å²) in [5.41, 5.74) is 2.85. The number of aliphatic hydroxyl groups is 2. The first-order valence-corrected chi connectivity index (χ1v) is 8.35. The smallest absolute Gasteiger partial charge is 0.304 e. The van der Waals surface area contributed by atoms with Gasteiger partial charge in [-0.3, -0.25) is 5.01 Å². The van der Waals surface area contributed by atoms with Gasteiger partial charge in [-0.25, -0.2) is 9.13 Å². The van der Waals surface area contributed by atoms with Crippen LogP contribution in [-0.4, -0.2) is 53.8 Å². The molecule has 0 saturated carbocycles. The molecule has 0 aliphatic rings. The standard InChI is InChI=1S/C18H28N5O2/c1-15(18-20(2)9-10-21(18)3)19-22(4)16-5-7-17(8-6-16)23(11-13-24)12-14-25/h5-10,24-25H,11-14H2,1-4H3/q+1. The third kappa shape index (κ3) is 4.58. The summed E-state index contributed by atoms with van der Waals surface area (Å²) in [6, 6.07) is 7.92. The maximum atomic E-state index is 9.15. The zero-order valence-electron chi connectivity index (χ0n) is 15.4. The SMILES string of the molecule is C/C(=N\N(C)c1ccc(N(CCO)CCO)cc1)c1n(C)cc[n+]1C. The fraction of sp³-hybridized carbons (Fsp3) is 0.444. The lowest BCUT2D eigenvalue weighted by molar-refractivity contribution is -0.672. The Hall–Kier alpha value is -2.38. The van der Waals surface area contributed by atoms with Gasteiger partial charge in [-0.15, -0.1) is 0 Å². The first-order valence-electron chi connectivity index (χ1n) is 8.35. The van der Waals surface area contributed by atoms with E-state index in [-0.39, 0.29) is 13.2 Å². The summed E-state index contributed by atoms with van der Waals surface area (Å²) < 4.78 is 4.08. The number of nitrogens with zero attached hydrogens (tertiary/aromatic N) is 5. The average Bonchev–Trinajstić information content (AvgIpc) is 2.93. The average molecular weight is 346 g/mol. The predicted molar refractivity (Wildman–Crippen MR) is 100 cm³/mol. The van der Waals surface area contributed by atoms with Gasteiger partial charge in [0.1, 0.15) is 18.1 Å². The Morgan fingerprint density at radius 2 is 1.68 bits per heavy atom. The van der Waals surface area contributed by atoms with E-state index in [1.807, 2.05) is 83.8 Å². The van der Waals surface area contributed by atoms with Crippen molar-refractivity contribution in [2.75, 3.05) is 43.3 Å². The molecule has 0 unspecified atom stereocenters. The molecule has 25 heavy (non-hydrogen) atoms. The quantitative estimate of drug-likeness (QED) is 0.415. The first kappa shape index (κ1) is 19.0. The van der Waals surface area contributed by atoms with E-state index >= 15 is 0 Å². The van der Waals surface area contributed by atoms with Gasteiger partial charge >= 0.3 is 5.82 Å². The van der Waals surface area contributed by atoms with E-state index in [0.717, 1.165) is 22.9 Å². The van der Waals surface area contributed by atoms with Gasteiger partial charge in [0.2, 0.25) is 0 Å². The van der Waals surface area contributed by atoms with E-state index in [2.05, 4.69) is 5.10 Å². The van der Waals surface area contributed by atoms with Crippen LogP contribution in [-0.2, 0) is 14.1 Å². The van der Waals surface area contributed by atoms with Crippen LogP contribution in [0, 0.1) is 0 Å². The molecule has 2 N–H and O–H groups in total. The molecule has 0 aliphatic carbocycles. The van der Waals surface area contributed by atoms with Crippen LogP contribution in [0.25, 0.3) is 0 Å². The zero-order valence-corrected chi connectivity index (χ0v) is 15.4. The minimum Gasteiger partial charge on any atom is -0.395 e. The Morgan fingerprint density at radius 3 is 2.16 bits per heavy atom. The summed E-state index contributed by atoms with van der Waals surface area (Å²) in [7, 11) is 5.92. The topological polar surface area (TPSA) is 68.1 Å². The van der Waals surface area contributed by atoms with Gasteiger partial charge in [-0.2, -0.15) is 5.10 Å². The van der Waals surface area contributed by atoms with E-state index < -0.39 is 0 Å². The molecule has 1 aromatic carbocycles. The molecule has 0 spiro atoms. The summed E-state index contributed by atoms with van der Waals surface area (Å²) >= 11 is 0. The van der Waals surface area contributed by atoms with Crippen molar-refractivity contribution in [2.24, 2.45) is 19.2 Å². The van der Waals surface area contributed by atoms with Crippen molar-refractivity contribution in [3.63, 3.8) is 0 Å². The van der Waals surface area contributed by atoms with Crippen molar-refractivity contribution >= 4 is 17.1 Å². The van der Waals surface area contributed by atoms with Gasteiger partial charge in [0.05, 0.1) is 33.0 Å². The molecule has 2 rings (SSSR count). The number of aromatic nitrogens is 2. The molecule has 1 heterocycles. The minimum absolute atomic E-state index is 0.0544. The second-order valence-corrected chi connectivity index (χ2v) is 6.00. The molecule has 0 aliphatic heterocycles. The lowest BCUT2D eigenvalue weighted by Crippen LogP contribution is -2.35. The monoisotopic (exact) mass is 346 g/mol. The van der Waals surface area contributed by atoms with E-state index in [9.17, 15) is 0 Å². The Labute approximate surface area is 149 Å². The number of aryl methyl sites for hydroxylation is 2. The summed E-state index contributed by atoms with van der Waals surface area (Å²) in [5, 5.41) is 24.8. The highest BCUT2D eigenvalue weighted by Crippen LogP contribution is 2.20. The highest BCUT2D eigenvalue weighted by molar-refractivity contribution is 5.94. The third-order valence-electron chi connectivity index (χ3n) is 4.13. The number of anilines is 2. The number of benzene rings is 1. The molecule has 0 atom stereocenters. The Kier molecular flexibility index (Phi) is 6.55. The Morgan fingerprint density at radius 1 is 1.12 bits per heavy atom. The van der Waals surface area contributed by atoms with E-state index in [1.165, 1.54) is 0 Å². The van der Waals surface area contributed by atoms with E-state index in [1.54, 1.807) is 0 Å². The molecule has 7 heteroatoms. The van der Waals surface area contributed by atoms with Crippen LogP contribution in [0.15, 0.2) is 41.8 Å². The van der Waals surface area contributed by atoms with Crippen molar-refractivity contribution < 1.29 is 14.8 Å². The number of hydrazone groups is 1. The van der Waals surface area contributed by atoms with Crippen molar-refractivity contribution in [3.8, 4) is 0 Å². The van der Waals surface area contributed by atoms with Crippen LogP contribution in [0.1, 0.15) is 12.7 Å². The van der Waals surface area contributed by atoms with Gasteiger partial charge in [-0.05, 0) is 31.2 Å². The second-order valence-electron chi connectivity index (χ2n) is 6.00. The van der Waals surface area contributed by atoms with Crippen molar-refractivity contribution in [1.82, 2.24) is 4.57 Å². The fourth-order valence-corrected chi connectivity index (χ4v) is 2.92.